The van der Waals surface area contributed by atoms with Crippen molar-refractivity contribution in [2.75, 3.05) is 6.54 Å². The third-order valence-corrected chi connectivity index (χ3v) is 2.68. The Balaban J connectivity index is 2.81. The van der Waals surface area contributed by atoms with Crippen LogP contribution in [-0.2, 0) is 0 Å². The smallest absolute Gasteiger partial charge is 0.186 e. The van der Waals surface area contributed by atoms with Crippen LogP contribution in [0.4, 0.5) is 0 Å². The number of hydrogen-bond donors (Lipinski definition) is 2. The molecule has 1 aromatic rings. The normalized spacial score (nSPS) is 11.2. The van der Waals surface area contributed by atoms with Gasteiger partial charge in [-0.05, 0) is 51.5 Å². The van der Waals surface area contributed by atoms with E-state index in [-0.39, 0.29) is 0 Å². The third-order valence-electron chi connectivity index (χ3n) is 2.45. The fourth-order valence-electron chi connectivity index (χ4n) is 1.52. The van der Waals surface area contributed by atoms with Gasteiger partial charge in [-0.25, -0.2) is 0 Å². The number of nitrogens with zero attached hydrogens (tertiary/aromatic N) is 1. The van der Waals surface area contributed by atoms with E-state index in [1.54, 1.807) is 0 Å². The van der Waals surface area contributed by atoms with Crippen molar-refractivity contribution in [2.45, 2.75) is 27.7 Å². The minimum Gasteiger partial charge on any atom is -0.362 e. The van der Waals surface area contributed by atoms with Crippen LogP contribution in [0.25, 0.3) is 0 Å². The number of hydrazone groups is 1. The van der Waals surface area contributed by atoms with Crippen LogP contribution in [0.15, 0.2) is 23.3 Å². The first kappa shape index (κ1) is 13.6. The summed E-state index contributed by atoms with van der Waals surface area (Å²) in [5, 5.41) is 7.82. The molecule has 0 aliphatic carbocycles. The molecule has 0 spiro atoms. The minimum atomic E-state index is 0.553. The summed E-state index contributed by atoms with van der Waals surface area (Å²) < 4.78 is 0. The molecule has 0 aromatic heterocycles. The molecule has 0 saturated carbocycles. The molecule has 3 nitrogen and oxygen atoms in total. The molecular weight excluding hydrogens is 230 g/mol. The number of aryl methyl sites for hydroxylation is 2. The van der Waals surface area contributed by atoms with E-state index in [0.717, 1.165) is 17.8 Å². The fraction of sp³-hybridized carbons (Fsp3) is 0.385. The molecule has 0 fully saturated rings. The second kappa shape index (κ2) is 6.35. The molecule has 0 atom stereocenters. The highest BCUT2D eigenvalue weighted by atomic mass is 32.1. The lowest BCUT2D eigenvalue weighted by molar-refractivity contribution is 0.900. The maximum Gasteiger partial charge on any atom is 0.186 e. The van der Waals surface area contributed by atoms with Crippen molar-refractivity contribution in [1.82, 2.24) is 10.7 Å². The van der Waals surface area contributed by atoms with Crippen molar-refractivity contribution < 1.29 is 0 Å². The van der Waals surface area contributed by atoms with Gasteiger partial charge in [-0.1, -0.05) is 17.7 Å². The molecular formula is C13H19N3S. The van der Waals surface area contributed by atoms with Crippen molar-refractivity contribution in [3.8, 4) is 0 Å². The van der Waals surface area contributed by atoms with Crippen molar-refractivity contribution in [3.63, 3.8) is 0 Å². The predicted molar refractivity (Wildman–Crippen MR) is 77.5 cm³/mol. The van der Waals surface area contributed by atoms with E-state index in [9.17, 15) is 0 Å². The SMILES string of the molecule is CCNC(=S)N/N=C(/C)c1cc(C)ccc1C. The summed E-state index contributed by atoms with van der Waals surface area (Å²) in [6.07, 6.45) is 0. The summed E-state index contributed by atoms with van der Waals surface area (Å²) in [5.41, 5.74) is 7.37. The van der Waals surface area contributed by atoms with E-state index in [2.05, 4.69) is 47.9 Å². The van der Waals surface area contributed by atoms with E-state index in [1.165, 1.54) is 11.1 Å². The summed E-state index contributed by atoms with van der Waals surface area (Å²) in [6, 6.07) is 6.33. The summed E-state index contributed by atoms with van der Waals surface area (Å²) >= 11 is 5.05. The Morgan fingerprint density at radius 1 is 1.35 bits per heavy atom. The molecule has 0 aliphatic heterocycles. The van der Waals surface area contributed by atoms with Gasteiger partial charge < -0.3 is 5.32 Å². The van der Waals surface area contributed by atoms with Gasteiger partial charge in [-0.15, -0.1) is 0 Å². The van der Waals surface area contributed by atoms with E-state index >= 15 is 0 Å². The molecule has 0 bridgehead atoms. The topological polar surface area (TPSA) is 36.4 Å². The van der Waals surface area contributed by atoms with E-state index in [1.807, 2.05) is 13.8 Å². The van der Waals surface area contributed by atoms with Crippen LogP contribution in [0.3, 0.4) is 0 Å². The van der Waals surface area contributed by atoms with Crippen molar-refractivity contribution in [3.05, 3.63) is 34.9 Å². The fourth-order valence-corrected chi connectivity index (χ4v) is 1.71. The van der Waals surface area contributed by atoms with Gasteiger partial charge in [-0.3, -0.25) is 5.43 Å². The quantitative estimate of drug-likeness (QED) is 0.491. The second-order valence-corrected chi connectivity index (χ2v) is 4.40. The predicted octanol–water partition coefficient (Wildman–Crippen LogP) is 2.51. The van der Waals surface area contributed by atoms with Gasteiger partial charge in [0.15, 0.2) is 5.11 Å². The first-order valence-corrected chi connectivity index (χ1v) is 6.11. The van der Waals surface area contributed by atoms with Crippen LogP contribution >= 0.6 is 12.2 Å². The summed E-state index contributed by atoms with van der Waals surface area (Å²) in [7, 11) is 0. The molecule has 0 unspecified atom stereocenters. The summed E-state index contributed by atoms with van der Waals surface area (Å²) in [5.74, 6) is 0. The molecule has 2 N–H and O–H groups in total. The molecule has 0 radical (unpaired) electrons. The molecule has 0 saturated heterocycles. The molecule has 4 heteroatoms. The van der Waals surface area contributed by atoms with Crippen LogP contribution in [0, 0.1) is 13.8 Å². The van der Waals surface area contributed by atoms with Gasteiger partial charge in [0, 0.05) is 12.1 Å². The number of benzene rings is 1. The number of nitrogens with one attached hydrogen (secondary N) is 2. The zero-order chi connectivity index (χ0) is 12.8. The Bertz CT molecular complexity index is 438. The number of thiocarbonyl (C=S) groups is 1. The Hall–Kier alpha value is -1.42. The molecule has 92 valence electrons. The minimum absolute atomic E-state index is 0.553. The van der Waals surface area contributed by atoms with Gasteiger partial charge in [0.2, 0.25) is 0 Å². The highest BCUT2D eigenvalue weighted by molar-refractivity contribution is 7.80. The zero-order valence-corrected chi connectivity index (χ0v) is 11.6. The van der Waals surface area contributed by atoms with Crippen molar-refractivity contribution in [1.29, 1.82) is 0 Å². The van der Waals surface area contributed by atoms with Gasteiger partial charge in [0.05, 0.1) is 5.71 Å². The van der Waals surface area contributed by atoms with Crippen LogP contribution in [0.1, 0.15) is 30.5 Å². The molecule has 17 heavy (non-hydrogen) atoms. The Labute approximate surface area is 108 Å². The maximum absolute atomic E-state index is 5.05. The highest BCUT2D eigenvalue weighted by Crippen LogP contribution is 2.11. The average Bonchev–Trinajstić information content (AvgIpc) is 2.29. The molecule has 1 rings (SSSR count). The maximum atomic E-state index is 5.05. The Morgan fingerprint density at radius 3 is 2.71 bits per heavy atom. The number of rotatable bonds is 3. The Kier molecular flexibility index (Phi) is 5.10. The van der Waals surface area contributed by atoms with E-state index < -0.39 is 0 Å². The van der Waals surface area contributed by atoms with Crippen molar-refractivity contribution >= 4 is 23.0 Å². The van der Waals surface area contributed by atoms with Crippen LogP contribution in [0.5, 0.6) is 0 Å². The largest absolute Gasteiger partial charge is 0.362 e. The second-order valence-electron chi connectivity index (χ2n) is 3.99. The molecule has 0 heterocycles. The highest BCUT2D eigenvalue weighted by Gasteiger charge is 2.02. The lowest BCUT2D eigenvalue weighted by Gasteiger charge is -2.08. The third kappa shape index (κ3) is 4.15. The monoisotopic (exact) mass is 249 g/mol. The molecule has 1 aromatic carbocycles. The van der Waals surface area contributed by atoms with E-state index in [4.69, 9.17) is 12.2 Å². The van der Waals surface area contributed by atoms with Crippen LogP contribution < -0.4 is 10.7 Å². The van der Waals surface area contributed by atoms with Gasteiger partial charge >= 0.3 is 0 Å². The molecule has 0 aliphatic rings. The first-order valence-electron chi connectivity index (χ1n) is 5.70. The number of hydrogen-bond acceptors (Lipinski definition) is 2. The van der Waals surface area contributed by atoms with Crippen molar-refractivity contribution in [2.24, 2.45) is 5.10 Å². The van der Waals surface area contributed by atoms with Crippen LogP contribution in [0.2, 0.25) is 0 Å². The lowest BCUT2D eigenvalue weighted by atomic mass is 10.0. The first-order chi connectivity index (χ1) is 8.04. The Morgan fingerprint density at radius 2 is 2.06 bits per heavy atom. The van der Waals surface area contributed by atoms with E-state index in [0.29, 0.717) is 5.11 Å². The van der Waals surface area contributed by atoms with Gasteiger partial charge in [0.1, 0.15) is 0 Å². The van der Waals surface area contributed by atoms with Crippen LogP contribution in [-0.4, -0.2) is 17.4 Å². The average molecular weight is 249 g/mol. The van der Waals surface area contributed by atoms with Gasteiger partial charge in [-0.2, -0.15) is 5.10 Å². The van der Waals surface area contributed by atoms with Gasteiger partial charge in [0.25, 0.3) is 0 Å². The lowest BCUT2D eigenvalue weighted by Crippen LogP contribution is -2.32. The summed E-state index contributed by atoms with van der Waals surface area (Å²) in [4.78, 5) is 0. The summed E-state index contributed by atoms with van der Waals surface area (Å²) in [6.45, 7) is 8.92. The zero-order valence-electron chi connectivity index (χ0n) is 10.8. The molecule has 0 amide bonds. The standard InChI is InChI=1S/C13H19N3S/c1-5-14-13(17)16-15-11(4)12-8-9(2)6-7-10(12)3/h6-8H,5H2,1-4H3,(H2,14,16,17)/b15-11-.